The molecule has 0 saturated carbocycles. The third kappa shape index (κ3) is 3.60. The van der Waals surface area contributed by atoms with Crippen molar-refractivity contribution in [1.29, 1.82) is 0 Å². The van der Waals surface area contributed by atoms with Crippen molar-refractivity contribution in [1.82, 2.24) is 4.98 Å². The molecule has 30 heavy (non-hydrogen) atoms. The van der Waals surface area contributed by atoms with Crippen LogP contribution < -0.4 is 10.1 Å². The molecule has 0 unspecified atom stereocenters. The van der Waals surface area contributed by atoms with Crippen LogP contribution >= 0.6 is 11.3 Å². The van der Waals surface area contributed by atoms with Crippen LogP contribution in [0.4, 0.5) is 11.4 Å². The number of fused-ring (bicyclic) bond motifs is 1. The van der Waals surface area contributed by atoms with E-state index in [4.69, 9.17) is 4.74 Å². The maximum absolute atomic E-state index is 12.7. The minimum atomic E-state index is -0.575. The molecule has 4 aromatic rings. The number of rotatable bonds is 5. The highest BCUT2D eigenvalue weighted by molar-refractivity contribution is 7.21. The number of methoxy groups -OCH3 is 1. The fraction of sp³-hybridized carbons (Fsp3) is 0.0909. The highest BCUT2D eigenvalue weighted by Gasteiger charge is 2.19. The molecular weight excluding hydrogens is 402 g/mol. The molecule has 8 heteroatoms. The predicted octanol–water partition coefficient (Wildman–Crippen LogP) is 5.44. The zero-order valence-corrected chi connectivity index (χ0v) is 17.0. The molecule has 0 saturated heterocycles. The number of nitro groups is 1. The summed E-state index contributed by atoms with van der Waals surface area (Å²) in [6.07, 6.45) is 0. The second kappa shape index (κ2) is 7.92. The number of para-hydroxylation sites is 1. The number of nitrogens with one attached hydrogen (secondary N) is 1. The Morgan fingerprint density at radius 1 is 1.13 bits per heavy atom. The molecule has 0 spiro atoms. The first-order chi connectivity index (χ1) is 14.5. The van der Waals surface area contributed by atoms with Crippen LogP contribution in [0.3, 0.4) is 0 Å². The van der Waals surface area contributed by atoms with Gasteiger partial charge in [-0.15, -0.1) is 11.3 Å². The van der Waals surface area contributed by atoms with Crippen molar-refractivity contribution in [3.05, 3.63) is 81.9 Å². The molecule has 1 aromatic heterocycles. The predicted molar refractivity (Wildman–Crippen MR) is 117 cm³/mol. The van der Waals surface area contributed by atoms with E-state index in [1.807, 2.05) is 43.3 Å². The molecule has 4 rings (SSSR count). The first kappa shape index (κ1) is 19.5. The number of nitrogens with zero attached hydrogens (tertiary/aromatic N) is 2. The fourth-order valence-corrected chi connectivity index (χ4v) is 4.21. The zero-order valence-electron chi connectivity index (χ0n) is 16.2. The summed E-state index contributed by atoms with van der Waals surface area (Å²) in [5.41, 5.74) is 3.26. The van der Waals surface area contributed by atoms with Gasteiger partial charge in [0, 0.05) is 22.9 Å². The number of anilines is 1. The van der Waals surface area contributed by atoms with Gasteiger partial charge in [-0.3, -0.25) is 14.9 Å². The minimum absolute atomic E-state index is 0.102. The van der Waals surface area contributed by atoms with Gasteiger partial charge < -0.3 is 10.1 Å². The van der Waals surface area contributed by atoms with Crippen LogP contribution in [0.15, 0.2) is 60.7 Å². The smallest absolute Gasteiger partial charge is 0.311 e. The molecule has 0 bridgehead atoms. The molecule has 0 aliphatic heterocycles. The summed E-state index contributed by atoms with van der Waals surface area (Å²) in [5.74, 6) is -0.337. The first-order valence-electron chi connectivity index (χ1n) is 9.07. The average Bonchev–Trinajstić information content (AvgIpc) is 3.18. The van der Waals surface area contributed by atoms with Gasteiger partial charge in [0.25, 0.3) is 5.91 Å². The number of hydrogen-bond donors (Lipinski definition) is 1. The van der Waals surface area contributed by atoms with E-state index in [1.165, 1.54) is 25.3 Å². The Hall–Kier alpha value is -3.78. The summed E-state index contributed by atoms with van der Waals surface area (Å²) < 4.78 is 6.08. The van der Waals surface area contributed by atoms with Crippen molar-refractivity contribution < 1.29 is 14.5 Å². The van der Waals surface area contributed by atoms with E-state index < -0.39 is 10.8 Å². The minimum Gasteiger partial charge on any atom is -0.490 e. The molecule has 150 valence electrons. The quantitative estimate of drug-likeness (QED) is 0.343. The Bertz CT molecular complexity index is 1250. The maximum atomic E-state index is 12.7. The Labute approximate surface area is 176 Å². The van der Waals surface area contributed by atoms with Gasteiger partial charge in [0.05, 0.1) is 22.2 Å². The Morgan fingerprint density at radius 3 is 2.67 bits per heavy atom. The summed E-state index contributed by atoms with van der Waals surface area (Å²) in [4.78, 5) is 28.1. The zero-order chi connectivity index (χ0) is 21.3. The second-order valence-corrected chi connectivity index (χ2v) is 7.59. The van der Waals surface area contributed by atoms with Gasteiger partial charge in [-0.25, -0.2) is 4.98 Å². The van der Waals surface area contributed by atoms with Crippen molar-refractivity contribution in [2.75, 3.05) is 12.4 Å². The monoisotopic (exact) mass is 419 g/mol. The molecule has 0 radical (unpaired) electrons. The van der Waals surface area contributed by atoms with Crippen LogP contribution in [-0.2, 0) is 0 Å². The number of thiazole rings is 1. The number of benzene rings is 3. The third-order valence-electron chi connectivity index (χ3n) is 4.74. The van der Waals surface area contributed by atoms with Crippen LogP contribution in [0.2, 0.25) is 0 Å². The summed E-state index contributed by atoms with van der Waals surface area (Å²) in [6.45, 7) is 1.91. The number of carbonyl (C=O) groups is 1. The molecule has 0 fully saturated rings. The lowest BCUT2D eigenvalue weighted by Gasteiger charge is -2.12. The fourth-order valence-electron chi connectivity index (χ4n) is 3.16. The van der Waals surface area contributed by atoms with E-state index in [-0.39, 0.29) is 17.0 Å². The molecule has 0 aliphatic carbocycles. The number of ether oxygens (including phenoxy) is 1. The SMILES string of the molecule is COc1ccc(C(=O)Nc2cccc(-c3nc4ccccc4s3)c2C)cc1[N+](=O)[O-]. The molecular formula is C22H17N3O4S. The molecule has 3 aromatic carbocycles. The van der Waals surface area contributed by atoms with E-state index in [1.54, 1.807) is 17.4 Å². The van der Waals surface area contributed by atoms with E-state index in [0.717, 1.165) is 26.4 Å². The van der Waals surface area contributed by atoms with E-state index in [2.05, 4.69) is 10.3 Å². The number of amides is 1. The van der Waals surface area contributed by atoms with Crippen molar-refractivity contribution in [3.63, 3.8) is 0 Å². The van der Waals surface area contributed by atoms with Crippen molar-refractivity contribution in [3.8, 4) is 16.3 Å². The van der Waals surface area contributed by atoms with Gasteiger partial charge in [0.15, 0.2) is 5.75 Å². The van der Waals surface area contributed by atoms with Crippen LogP contribution in [0, 0.1) is 17.0 Å². The molecule has 1 N–H and O–H groups in total. The van der Waals surface area contributed by atoms with Gasteiger partial charge in [0.1, 0.15) is 5.01 Å². The van der Waals surface area contributed by atoms with Gasteiger partial charge in [-0.1, -0.05) is 24.3 Å². The standard InChI is InChI=1S/C22H17N3O4S/c1-13-15(22-24-17-7-3-4-9-20(17)30-22)6-5-8-16(13)23-21(26)14-10-11-19(29-2)18(12-14)25(27)28/h3-12H,1-2H3,(H,23,26). The lowest BCUT2D eigenvalue weighted by molar-refractivity contribution is -0.385. The van der Waals surface area contributed by atoms with Gasteiger partial charge in [-0.05, 0) is 42.8 Å². The Balaban J connectivity index is 1.66. The summed E-state index contributed by atoms with van der Waals surface area (Å²) >= 11 is 1.59. The van der Waals surface area contributed by atoms with Gasteiger partial charge >= 0.3 is 5.69 Å². The lowest BCUT2D eigenvalue weighted by atomic mass is 10.1. The highest BCUT2D eigenvalue weighted by Crippen LogP contribution is 2.35. The summed E-state index contributed by atoms with van der Waals surface area (Å²) in [6, 6.07) is 17.6. The molecule has 1 heterocycles. The Morgan fingerprint density at radius 2 is 1.93 bits per heavy atom. The van der Waals surface area contributed by atoms with Crippen LogP contribution in [0.5, 0.6) is 5.75 Å². The number of carbonyl (C=O) groups excluding carboxylic acids is 1. The van der Waals surface area contributed by atoms with Crippen molar-refractivity contribution >= 4 is 38.8 Å². The highest BCUT2D eigenvalue weighted by atomic mass is 32.1. The van der Waals surface area contributed by atoms with Crippen LogP contribution in [0.25, 0.3) is 20.8 Å². The molecule has 0 atom stereocenters. The molecule has 7 nitrogen and oxygen atoms in total. The van der Waals surface area contributed by atoms with E-state index in [9.17, 15) is 14.9 Å². The lowest BCUT2D eigenvalue weighted by Crippen LogP contribution is -2.13. The van der Waals surface area contributed by atoms with Crippen molar-refractivity contribution in [2.24, 2.45) is 0 Å². The maximum Gasteiger partial charge on any atom is 0.311 e. The number of nitro benzene ring substituents is 1. The van der Waals surface area contributed by atoms with E-state index in [0.29, 0.717) is 5.69 Å². The van der Waals surface area contributed by atoms with Gasteiger partial charge in [-0.2, -0.15) is 0 Å². The third-order valence-corrected chi connectivity index (χ3v) is 5.81. The second-order valence-electron chi connectivity index (χ2n) is 6.56. The normalized spacial score (nSPS) is 10.7. The van der Waals surface area contributed by atoms with Crippen molar-refractivity contribution in [2.45, 2.75) is 6.92 Å². The summed E-state index contributed by atoms with van der Waals surface area (Å²) in [7, 11) is 1.35. The van der Waals surface area contributed by atoms with Crippen LogP contribution in [-0.4, -0.2) is 22.9 Å². The molecule has 1 amide bonds. The summed E-state index contributed by atoms with van der Waals surface area (Å²) in [5, 5.41) is 14.9. The first-order valence-corrected chi connectivity index (χ1v) is 9.89. The van der Waals surface area contributed by atoms with Crippen LogP contribution in [0.1, 0.15) is 15.9 Å². The van der Waals surface area contributed by atoms with E-state index >= 15 is 0 Å². The average molecular weight is 419 g/mol. The largest absolute Gasteiger partial charge is 0.490 e. The van der Waals surface area contributed by atoms with Gasteiger partial charge in [0.2, 0.25) is 0 Å². The number of hydrogen-bond acceptors (Lipinski definition) is 6. The molecule has 0 aliphatic rings. The topological polar surface area (TPSA) is 94.4 Å². The number of aromatic nitrogens is 1. The Kier molecular flexibility index (Phi) is 5.16.